The van der Waals surface area contributed by atoms with Gasteiger partial charge in [-0.15, -0.1) is 0 Å². The zero-order chi connectivity index (χ0) is 22.8. The number of anilines is 2. The number of carbonyl (C=O) groups excluding carboxylic acids is 2. The number of fused-ring (bicyclic) bond motifs is 1. The van der Waals surface area contributed by atoms with Gasteiger partial charge in [-0.1, -0.05) is 18.2 Å². The zero-order valence-corrected chi connectivity index (χ0v) is 19.0. The summed E-state index contributed by atoms with van der Waals surface area (Å²) >= 11 is 0. The Morgan fingerprint density at radius 1 is 1.00 bits per heavy atom. The number of rotatable bonds is 5. The maximum atomic E-state index is 13.4. The molecule has 170 valence electrons. The minimum atomic E-state index is -0.392. The van der Waals surface area contributed by atoms with Crippen molar-refractivity contribution < 1.29 is 23.8 Å². The summed E-state index contributed by atoms with van der Waals surface area (Å²) < 4.78 is 16.2. The Hall–Kier alpha value is -3.42. The molecule has 4 rings (SSSR count). The van der Waals surface area contributed by atoms with E-state index in [2.05, 4.69) is 17.0 Å². The Bertz CT molecular complexity index is 999. The highest BCUT2D eigenvalue weighted by Gasteiger charge is 2.38. The van der Waals surface area contributed by atoms with E-state index in [1.54, 1.807) is 17.0 Å². The van der Waals surface area contributed by atoms with Gasteiger partial charge in [0.15, 0.2) is 11.5 Å². The highest BCUT2D eigenvalue weighted by atomic mass is 16.5. The predicted molar refractivity (Wildman–Crippen MR) is 122 cm³/mol. The van der Waals surface area contributed by atoms with Crippen LogP contribution in [0.15, 0.2) is 36.4 Å². The third-order valence-corrected chi connectivity index (χ3v) is 6.22. The van der Waals surface area contributed by atoms with Crippen LogP contribution in [0, 0.1) is 5.92 Å². The SMILES string of the molecule is COc1cc(N2CC(C(=O)N3CCN(C)c4ccccc4C3)CC2=O)cc(OC)c1OC. The third kappa shape index (κ3) is 3.92. The van der Waals surface area contributed by atoms with Crippen molar-refractivity contribution in [1.29, 1.82) is 0 Å². The summed E-state index contributed by atoms with van der Waals surface area (Å²) in [4.78, 5) is 32.0. The first-order valence-corrected chi connectivity index (χ1v) is 10.6. The van der Waals surface area contributed by atoms with Gasteiger partial charge < -0.3 is 28.9 Å². The molecule has 2 amide bonds. The first kappa shape index (κ1) is 21.8. The number of amides is 2. The van der Waals surface area contributed by atoms with Gasteiger partial charge in [0.2, 0.25) is 17.6 Å². The smallest absolute Gasteiger partial charge is 0.228 e. The number of carbonyl (C=O) groups is 2. The molecule has 0 radical (unpaired) electrons. The van der Waals surface area contributed by atoms with E-state index in [9.17, 15) is 9.59 Å². The Morgan fingerprint density at radius 3 is 2.34 bits per heavy atom. The number of nitrogens with zero attached hydrogens (tertiary/aromatic N) is 3. The van der Waals surface area contributed by atoms with Gasteiger partial charge in [-0.3, -0.25) is 9.59 Å². The van der Waals surface area contributed by atoms with Crippen LogP contribution in [0.1, 0.15) is 12.0 Å². The molecule has 2 aromatic rings. The monoisotopic (exact) mass is 439 g/mol. The molecule has 32 heavy (non-hydrogen) atoms. The molecule has 0 bridgehead atoms. The highest BCUT2D eigenvalue weighted by Crippen LogP contribution is 2.42. The molecule has 1 unspecified atom stereocenters. The van der Waals surface area contributed by atoms with Crippen molar-refractivity contribution in [2.45, 2.75) is 13.0 Å². The molecule has 0 saturated carbocycles. The van der Waals surface area contributed by atoms with Crippen LogP contribution < -0.4 is 24.0 Å². The summed E-state index contributed by atoms with van der Waals surface area (Å²) in [6.07, 6.45) is 0.184. The second-order valence-electron chi connectivity index (χ2n) is 8.10. The summed E-state index contributed by atoms with van der Waals surface area (Å²) in [5.41, 5.74) is 2.89. The molecule has 2 heterocycles. The molecule has 1 atom stereocenters. The van der Waals surface area contributed by atoms with Crippen molar-refractivity contribution >= 4 is 23.2 Å². The summed E-state index contributed by atoms with van der Waals surface area (Å²) in [7, 11) is 6.64. The van der Waals surface area contributed by atoms with E-state index in [1.165, 1.54) is 21.3 Å². The maximum absolute atomic E-state index is 13.4. The second kappa shape index (κ2) is 8.98. The predicted octanol–water partition coefficient (Wildman–Crippen LogP) is 2.54. The molecule has 2 aromatic carbocycles. The summed E-state index contributed by atoms with van der Waals surface area (Å²) in [6, 6.07) is 11.6. The standard InChI is InChI=1S/C24H29N3O5/c1-25-9-10-26(14-16-7-5-6-8-19(16)25)24(29)17-11-22(28)27(15-17)18-12-20(30-2)23(32-4)21(13-18)31-3/h5-8,12-13,17H,9-11,14-15H2,1-4H3. The topological polar surface area (TPSA) is 71.6 Å². The number of benzene rings is 2. The van der Waals surface area contributed by atoms with Crippen molar-refractivity contribution in [3.63, 3.8) is 0 Å². The van der Waals surface area contributed by atoms with Crippen LogP contribution in [0.3, 0.4) is 0 Å². The molecule has 1 fully saturated rings. The molecular weight excluding hydrogens is 410 g/mol. The van der Waals surface area contributed by atoms with Gasteiger partial charge in [-0.05, 0) is 11.6 Å². The zero-order valence-electron chi connectivity index (χ0n) is 19.0. The summed E-state index contributed by atoms with van der Waals surface area (Å²) in [5, 5.41) is 0. The van der Waals surface area contributed by atoms with Gasteiger partial charge in [0.05, 0.1) is 32.9 Å². The van der Waals surface area contributed by atoms with E-state index in [1.807, 2.05) is 24.1 Å². The van der Waals surface area contributed by atoms with Crippen LogP contribution in [0.25, 0.3) is 0 Å². The fourth-order valence-electron chi connectivity index (χ4n) is 4.48. The van der Waals surface area contributed by atoms with E-state index >= 15 is 0 Å². The number of hydrogen-bond acceptors (Lipinski definition) is 6. The number of likely N-dealkylation sites (N-methyl/N-ethyl adjacent to an activating group) is 1. The van der Waals surface area contributed by atoms with E-state index in [0.717, 1.165) is 17.8 Å². The average molecular weight is 440 g/mol. The van der Waals surface area contributed by atoms with E-state index in [-0.39, 0.29) is 18.2 Å². The minimum Gasteiger partial charge on any atom is -0.493 e. The van der Waals surface area contributed by atoms with Crippen LogP contribution >= 0.6 is 0 Å². The second-order valence-corrected chi connectivity index (χ2v) is 8.10. The van der Waals surface area contributed by atoms with Gasteiger partial charge in [-0.2, -0.15) is 0 Å². The van der Waals surface area contributed by atoms with E-state index < -0.39 is 5.92 Å². The van der Waals surface area contributed by atoms with Crippen LogP contribution in [-0.4, -0.2) is 64.7 Å². The largest absolute Gasteiger partial charge is 0.493 e. The van der Waals surface area contributed by atoms with Crippen LogP contribution in [-0.2, 0) is 16.1 Å². The molecule has 0 N–H and O–H groups in total. The maximum Gasteiger partial charge on any atom is 0.228 e. The van der Waals surface area contributed by atoms with E-state index in [4.69, 9.17) is 14.2 Å². The quantitative estimate of drug-likeness (QED) is 0.713. The van der Waals surface area contributed by atoms with Crippen LogP contribution in [0.5, 0.6) is 17.2 Å². The summed E-state index contributed by atoms with van der Waals surface area (Å²) in [6.45, 7) is 2.25. The Balaban J connectivity index is 1.55. The Labute approximate surface area is 188 Å². The number of ether oxygens (including phenoxy) is 3. The van der Waals surface area contributed by atoms with Crippen molar-refractivity contribution in [2.75, 3.05) is 57.8 Å². The molecule has 2 aliphatic rings. The van der Waals surface area contributed by atoms with Crippen LogP contribution in [0.4, 0.5) is 11.4 Å². The van der Waals surface area contributed by atoms with Gasteiger partial charge in [0.1, 0.15) is 0 Å². The molecule has 0 spiro atoms. The lowest BCUT2D eigenvalue weighted by Gasteiger charge is -2.24. The molecular formula is C24H29N3O5. The van der Waals surface area contributed by atoms with Gasteiger partial charge in [0.25, 0.3) is 0 Å². The molecule has 8 nitrogen and oxygen atoms in total. The number of hydrogen-bond donors (Lipinski definition) is 0. The molecule has 1 saturated heterocycles. The van der Waals surface area contributed by atoms with Gasteiger partial charge in [-0.25, -0.2) is 0 Å². The average Bonchev–Trinajstić information content (AvgIpc) is 3.12. The number of para-hydroxylation sites is 1. The first-order valence-electron chi connectivity index (χ1n) is 10.6. The highest BCUT2D eigenvalue weighted by molar-refractivity contribution is 6.00. The Kier molecular flexibility index (Phi) is 6.12. The Morgan fingerprint density at radius 2 is 1.69 bits per heavy atom. The van der Waals surface area contributed by atoms with E-state index in [0.29, 0.717) is 42.6 Å². The third-order valence-electron chi connectivity index (χ3n) is 6.22. The van der Waals surface area contributed by atoms with Crippen molar-refractivity contribution in [1.82, 2.24) is 4.90 Å². The minimum absolute atomic E-state index is 0.0124. The lowest BCUT2D eigenvalue weighted by Crippen LogP contribution is -2.39. The molecule has 0 aliphatic carbocycles. The molecule has 0 aromatic heterocycles. The van der Waals surface area contributed by atoms with Crippen molar-refractivity contribution in [3.05, 3.63) is 42.0 Å². The number of methoxy groups -OCH3 is 3. The molecule has 8 heteroatoms. The first-order chi connectivity index (χ1) is 15.5. The molecule has 2 aliphatic heterocycles. The van der Waals surface area contributed by atoms with Crippen molar-refractivity contribution in [2.24, 2.45) is 5.92 Å². The van der Waals surface area contributed by atoms with Gasteiger partial charge >= 0.3 is 0 Å². The lowest BCUT2D eigenvalue weighted by molar-refractivity contribution is -0.136. The summed E-state index contributed by atoms with van der Waals surface area (Å²) in [5.74, 6) is 0.930. The fraction of sp³-hybridized carbons (Fsp3) is 0.417. The fourth-order valence-corrected chi connectivity index (χ4v) is 4.48. The van der Waals surface area contributed by atoms with Gasteiger partial charge in [0, 0.05) is 57.5 Å². The van der Waals surface area contributed by atoms with Crippen LogP contribution in [0.2, 0.25) is 0 Å². The lowest BCUT2D eigenvalue weighted by atomic mass is 10.1. The normalized spacial score (nSPS) is 18.3. The van der Waals surface area contributed by atoms with Crippen molar-refractivity contribution in [3.8, 4) is 17.2 Å².